The minimum absolute atomic E-state index is 0.0414. The maximum atomic E-state index is 12.8. The van der Waals surface area contributed by atoms with Crippen molar-refractivity contribution in [3.05, 3.63) is 35.6 Å². The van der Waals surface area contributed by atoms with Gasteiger partial charge in [0.2, 0.25) is 0 Å². The average molecular weight is 276 g/mol. The molecule has 0 spiro atoms. The molecule has 0 unspecified atom stereocenters. The van der Waals surface area contributed by atoms with Gasteiger partial charge >= 0.3 is 6.18 Å². The van der Waals surface area contributed by atoms with Crippen molar-refractivity contribution < 1.29 is 27.5 Å². The Hall–Kier alpha value is -1.96. The molecule has 1 aliphatic heterocycles. The first-order valence-electron chi connectivity index (χ1n) is 5.17. The molecule has 19 heavy (non-hydrogen) atoms. The van der Waals surface area contributed by atoms with E-state index < -0.39 is 30.0 Å². The van der Waals surface area contributed by atoms with Gasteiger partial charge in [0.15, 0.2) is 0 Å². The van der Waals surface area contributed by atoms with Gasteiger partial charge in [-0.05, 0) is 24.3 Å². The van der Waals surface area contributed by atoms with Gasteiger partial charge in [0.25, 0.3) is 11.6 Å². The number of carbonyl (C=O) groups is 1. The lowest BCUT2D eigenvalue weighted by atomic mass is 10.1. The highest BCUT2D eigenvalue weighted by molar-refractivity contribution is 5.95. The Morgan fingerprint density at radius 2 is 1.89 bits per heavy atom. The fraction of sp³-hybridized carbons (Fsp3) is 0.273. The van der Waals surface area contributed by atoms with Gasteiger partial charge in [-0.15, -0.1) is 0 Å². The van der Waals surface area contributed by atoms with E-state index in [1.807, 2.05) is 0 Å². The second-order valence-electron chi connectivity index (χ2n) is 3.94. The van der Waals surface area contributed by atoms with E-state index in [1.54, 1.807) is 0 Å². The number of halogens is 4. The summed E-state index contributed by atoms with van der Waals surface area (Å²) in [4.78, 5) is 11.9. The fourth-order valence-electron chi connectivity index (χ4n) is 1.60. The van der Waals surface area contributed by atoms with E-state index in [9.17, 15) is 27.5 Å². The van der Waals surface area contributed by atoms with Crippen molar-refractivity contribution in [2.75, 3.05) is 0 Å². The summed E-state index contributed by atoms with van der Waals surface area (Å²) in [7, 11) is 0. The van der Waals surface area contributed by atoms with E-state index in [1.165, 1.54) is 0 Å². The lowest BCUT2D eigenvalue weighted by Crippen LogP contribution is -2.56. The number of hydrazone groups is 1. The van der Waals surface area contributed by atoms with Gasteiger partial charge in [0, 0.05) is 18.2 Å². The number of amides is 1. The normalized spacial score (nSPS) is 22.9. The molecule has 0 aliphatic carbocycles. The monoisotopic (exact) mass is 276 g/mol. The SMILES string of the molecule is O=C(c1ccc(F)cc1)N1N=CC[C@@]1(O)C(F)(F)F. The standard InChI is InChI=1S/C11H8F4N2O2/c12-8-3-1-7(2-4-8)9(18)17-10(19,5-6-16-17)11(13,14)15/h1-4,6,19H,5H2/t10-/m1/s1. The van der Waals surface area contributed by atoms with Gasteiger partial charge in [0.1, 0.15) is 5.82 Å². The number of carbonyl (C=O) groups excluding carboxylic acids is 1. The van der Waals surface area contributed by atoms with Crippen molar-refractivity contribution in [3.63, 3.8) is 0 Å². The van der Waals surface area contributed by atoms with E-state index in [0.29, 0.717) is 0 Å². The zero-order valence-electron chi connectivity index (χ0n) is 9.36. The first-order valence-corrected chi connectivity index (χ1v) is 5.17. The summed E-state index contributed by atoms with van der Waals surface area (Å²) in [5.74, 6) is -1.79. The molecule has 1 atom stereocenters. The Labute approximate surface area is 104 Å². The molecule has 1 N–H and O–H groups in total. The summed E-state index contributed by atoms with van der Waals surface area (Å²) in [6, 6.07) is 3.89. The zero-order valence-corrected chi connectivity index (χ0v) is 9.36. The van der Waals surface area contributed by atoms with Crippen LogP contribution in [-0.2, 0) is 0 Å². The molecule has 8 heteroatoms. The first kappa shape index (κ1) is 13.5. The molecular weight excluding hydrogens is 268 g/mol. The number of benzene rings is 1. The number of hydrogen-bond donors (Lipinski definition) is 1. The molecule has 4 nitrogen and oxygen atoms in total. The Morgan fingerprint density at radius 1 is 1.32 bits per heavy atom. The van der Waals surface area contributed by atoms with Crippen LogP contribution in [0.3, 0.4) is 0 Å². The second kappa shape index (κ2) is 4.30. The fourth-order valence-corrected chi connectivity index (χ4v) is 1.60. The van der Waals surface area contributed by atoms with Crippen LogP contribution in [0, 0.1) is 5.82 Å². The smallest absolute Gasteiger partial charge is 0.362 e. The van der Waals surface area contributed by atoms with Crippen LogP contribution in [0.5, 0.6) is 0 Å². The van der Waals surface area contributed by atoms with Crippen molar-refractivity contribution in [3.8, 4) is 0 Å². The Morgan fingerprint density at radius 3 is 2.42 bits per heavy atom. The molecule has 1 aliphatic rings. The highest BCUT2D eigenvalue weighted by Crippen LogP contribution is 2.39. The summed E-state index contributed by atoms with van der Waals surface area (Å²) in [6.45, 7) is 0. The maximum Gasteiger partial charge on any atom is 0.438 e. The molecule has 0 saturated carbocycles. The van der Waals surface area contributed by atoms with Crippen LogP contribution < -0.4 is 0 Å². The van der Waals surface area contributed by atoms with E-state index >= 15 is 0 Å². The van der Waals surface area contributed by atoms with Gasteiger partial charge in [-0.2, -0.15) is 23.3 Å². The van der Waals surface area contributed by atoms with E-state index in [2.05, 4.69) is 5.10 Å². The van der Waals surface area contributed by atoms with Crippen molar-refractivity contribution in [1.82, 2.24) is 5.01 Å². The second-order valence-corrected chi connectivity index (χ2v) is 3.94. The van der Waals surface area contributed by atoms with E-state index in [-0.39, 0.29) is 10.6 Å². The number of aliphatic hydroxyl groups is 1. The topological polar surface area (TPSA) is 52.9 Å². The molecule has 0 aromatic heterocycles. The van der Waals surface area contributed by atoms with Gasteiger partial charge in [-0.1, -0.05) is 0 Å². The van der Waals surface area contributed by atoms with Crippen LogP contribution in [-0.4, -0.2) is 34.1 Å². The van der Waals surface area contributed by atoms with Crippen LogP contribution in [0.25, 0.3) is 0 Å². The molecule has 1 aromatic carbocycles. The number of nitrogens with zero attached hydrogens (tertiary/aromatic N) is 2. The predicted octanol–water partition coefficient (Wildman–Crippen LogP) is 1.91. The van der Waals surface area contributed by atoms with Gasteiger partial charge in [-0.3, -0.25) is 4.79 Å². The zero-order chi connectivity index (χ0) is 14.3. The summed E-state index contributed by atoms with van der Waals surface area (Å²) in [5.41, 5.74) is -3.57. The largest absolute Gasteiger partial charge is 0.438 e. The molecule has 0 radical (unpaired) electrons. The molecule has 2 rings (SSSR count). The summed E-state index contributed by atoms with van der Waals surface area (Å²) in [6.07, 6.45) is -5.09. The quantitative estimate of drug-likeness (QED) is 0.796. The highest BCUT2D eigenvalue weighted by atomic mass is 19.4. The van der Waals surface area contributed by atoms with Gasteiger partial charge < -0.3 is 5.11 Å². The number of rotatable bonds is 1. The molecule has 0 saturated heterocycles. The van der Waals surface area contributed by atoms with Crippen LogP contribution in [0.1, 0.15) is 16.8 Å². The van der Waals surface area contributed by atoms with Gasteiger partial charge in [0.05, 0.1) is 0 Å². The van der Waals surface area contributed by atoms with Gasteiger partial charge in [-0.25, -0.2) is 4.39 Å². The molecule has 1 heterocycles. The lowest BCUT2D eigenvalue weighted by Gasteiger charge is -2.32. The third-order valence-corrected chi connectivity index (χ3v) is 2.66. The molecule has 1 amide bonds. The Bertz CT molecular complexity index is 526. The average Bonchev–Trinajstić information content (AvgIpc) is 2.72. The third kappa shape index (κ3) is 2.19. The summed E-state index contributed by atoms with van der Waals surface area (Å²) >= 11 is 0. The third-order valence-electron chi connectivity index (χ3n) is 2.66. The minimum Gasteiger partial charge on any atom is -0.362 e. The van der Waals surface area contributed by atoms with Crippen molar-refractivity contribution in [2.24, 2.45) is 5.10 Å². The lowest BCUT2D eigenvalue weighted by molar-refractivity contribution is -0.297. The Balaban J connectivity index is 2.33. The number of alkyl halides is 3. The van der Waals surface area contributed by atoms with Crippen LogP contribution in [0.4, 0.5) is 17.6 Å². The van der Waals surface area contributed by atoms with E-state index in [0.717, 1.165) is 30.5 Å². The van der Waals surface area contributed by atoms with Crippen LogP contribution in [0.15, 0.2) is 29.4 Å². The van der Waals surface area contributed by atoms with Crippen molar-refractivity contribution in [2.45, 2.75) is 18.3 Å². The van der Waals surface area contributed by atoms with Crippen molar-refractivity contribution in [1.29, 1.82) is 0 Å². The molecule has 1 aromatic rings. The number of hydrogen-bond acceptors (Lipinski definition) is 3. The first-order chi connectivity index (χ1) is 8.75. The molecule has 0 bridgehead atoms. The summed E-state index contributed by atoms with van der Waals surface area (Å²) < 4.78 is 50.9. The highest BCUT2D eigenvalue weighted by Gasteiger charge is 2.61. The molecule has 102 valence electrons. The molecule has 0 fully saturated rings. The Kier molecular flexibility index (Phi) is 3.05. The maximum absolute atomic E-state index is 12.8. The summed E-state index contributed by atoms with van der Waals surface area (Å²) in [5, 5.41) is 12.8. The van der Waals surface area contributed by atoms with Crippen LogP contribution >= 0.6 is 0 Å². The predicted molar refractivity (Wildman–Crippen MR) is 56.7 cm³/mol. The van der Waals surface area contributed by atoms with Crippen LogP contribution in [0.2, 0.25) is 0 Å². The van der Waals surface area contributed by atoms with Crippen molar-refractivity contribution >= 4 is 12.1 Å². The minimum atomic E-state index is -5.04. The van der Waals surface area contributed by atoms with E-state index in [4.69, 9.17) is 0 Å². The molecular formula is C11H8F4N2O2.